The maximum Gasteiger partial charge on any atom is 0.491 e. The van der Waals surface area contributed by atoms with Gasteiger partial charge in [-0.05, 0) is 31.2 Å². The number of para-hydroxylation sites is 1. The van der Waals surface area contributed by atoms with Gasteiger partial charge < -0.3 is 19.5 Å². The van der Waals surface area contributed by atoms with E-state index < -0.39 is 70.3 Å². The second kappa shape index (κ2) is 10.2. The van der Waals surface area contributed by atoms with E-state index in [0.29, 0.717) is 11.5 Å². The summed E-state index contributed by atoms with van der Waals surface area (Å²) in [6.07, 6.45) is -6.41. The molecule has 1 aliphatic rings. The number of hydrogen-bond acceptors (Lipinski definition) is 7. The molecule has 0 spiro atoms. The van der Waals surface area contributed by atoms with Gasteiger partial charge in [0.15, 0.2) is 28.9 Å². The number of carbonyl (C=O) groups excluding carboxylic acids is 2. The topological polar surface area (TPSA) is 86.8 Å². The number of halogens is 6. The molecule has 3 aromatic rings. The second-order valence-electron chi connectivity index (χ2n) is 8.06. The highest BCUT2D eigenvalue weighted by Gasteiger charge is 2.42. The third-order valence-corrected chi connectivity index (χ3v) is 5.70. The van der Waals surface area contributed by atoms with Crippen molar-refractivity contribution >= 4 is 22.7 Å². The largest absolute Gasteiger partial charge is 0.491 e. The van der Waals surface area contributed by atoms with E-state index in [1.165, 1.54) is 12.1 Å². The van der Waals surface area contributed by atoms with Gasteiger partial charge in [-0.2, -0.15) is 17.6 Å². The van der Waals surface area contributed by atoms with Crippen molar-refractivity contribution in [1.82, 2.24) is 10.3 Å². The number of ether oxygens (including phenoxy) is 3. The molecule has 13 heteroatoms. The molecule has 0 amide bonds. The molecule has 1 aromatic heterocycles. The summed E-state index contributed by atoms with van der Waals surface area (Å²) in [5.74, 6) is -11.4. The smallest absolute Gasteiger partial charge is 0.491 e. The summed E-state index contributed by atoms with van der Waals surface area (Å²) in [5, 5.41) is 3.26. The van der Waals surface area contributed by atoms with Crippen molar-refractivity contribution in [2.24, 2.45) is 5.92 Å². The van der Waals surface area contributed by atoms with Crippen molar-refractivity contribution in [3.63, 3.8) is 0 Å². The van der Waals surface area contributed by atoms with Crippen LogP contribution in [0.5, 0.6) is 17.4 Å². The summed E-state index contributed by atoms with van der Waals surface area (Å²) in [4.78, 5) is 28.9. The summed E-state index contributed by atoms with van der Waals surface area (Å²) < 4.78 is 96.0. The van der Waals surface area contributed by atoms with Gasteiger partial charge in [-0.25, -0.2) is 18.6 Å². The van der Waals surface area contributed by atoms with E-state index in [2.05, 4.69) is 19.8 Å². The number of pyridine rings is 1. The highest BCUT2D eigenvalue weighted by atomic mass is 19.4. The van der Waals surface area contributed by atoms with Crippen molar-refractivity contribution in [2.75, 3.05) is 20.2 Å². The average Bonchev–Trinajstić information content (AvgIpc) is 2.86. The molecule has 0 aliphatic carbocycles. The van der Waals surface area contributed by atoms with Crippen LogP contribution in [0.4, 0.5) is 26.3 Å². The molecular weight excluding hydrogens is 510 g/mol. The van der Waals surface area contributed by atoms with Gasteiger partial charge in [0.1, 0.15) is 6.10 Å². The Balaban J connectivity index is 1.71. The maximum atomic E-state index is 14.8. The van der Waals surface area contributed by atoms with Gasteiger partial charge >= 0.3 is 12.1 Å². The molecular formula is C24H18F6N2O5. The second-order valence-corrected chi connectivity index (χ2v) is 8.06. The van der Waals surface area contributed by atoms with E-state index in [4.69, 9.17) is 4.74 Å². The van der Waals surface area contributed by atoms with E-state index in [9.17, 15) is 35.9 Å². The van der Waals surface area contributed by atoms with Crippen LogP contribution in [0.3, 0.4) is 0 Å². The number of alkyl halides is 3. The average molecular weight is 528 g/mol. The minimum Gasteiger partial charge on any atom is -0.491 e. The van der Waals surface area contributed by atoms with Gasteiger partial charge in [0, 0.05) is 11.9 Å². The molecule has 2 unspecified atom stereocenters. The normalized spacial score (nSPS) is 17.9. The van der Waals surface area contributed by atoms with Crippen molar-refractivity contribution in [1.29, 1.82) is 0 Å². The first-order chi connectivity index (χ1) is 17.5. The Labute approximate surface area is 205 Å². The molecule has 2 aromatic carbocycles. The molecule has 7 nitrogen and oxygen atoms in total. The highest BCUT2D eigenvalue weighted by Crippen LogP contribution is 2.35. The number of Topliss-reactive ketones (excluding diaryl/α,β-unsaturated/α-hetero) is 1. The van der Waals surface area contributed by atoms with E-state index in [1.807, 2.05) is 0 Å². The van der Waals surface area contributed by atoms with Crippen LogP contribution in [-0.4, -0.2) is 49.2 Å². The molecule has 0 saturated carbocycles. The number of fused-ring (bicyclic) bond motifs is 1. The summed E-state index contributed by atoms with van der Waals surface area (Å²) in [5.41, 5.74) is -0.501. The number of rotatable bonds is 6. The number of ketones is 1. The summed E-state index contributed by atoms with van der Waals surface area (Å²) in [7, 11) is 0.904. The zero-order valence-corrected chi connectivity index (χ0v) is 19.0. The molecule has 1 N–H and O–H groups in total. The van der Waals surface area contributed by atoms with Gasteiger partial charge in [-0.3, -0.25) is 4.79 Å². The third kappa shape index (κ3) is 5.31. The molecule has 1 aliphatic heterocycles. The van der Waals surface area contributed by atoms with Crippen molar-refractivity contribution in [2.45, 2.75) is 18.7 Å². The lowest BCUT2D eigenvalue weighted by Crippen LogP contribution is -2.47. The predicted molar refractivity (Wildman–Crippen MR) is 116 cm³/mol. The van der Waals surface area contributed by atoms with E-state index in [0.717, 1.165) is 13.2 Å². The Hall–Kier alpha value is -3.87. The fraction of sp³-hybridized carbons (Fsp3) is 0.292. The van der Waals surface area contributed by atoms with Crippen LogP contribution < -0.4 is 19.5 Å². The number of esters is 1. The van der Waals surface area contributed by atoms with Crippen LogP contribution in [0, 0.1) is 23.4 Å². The number of piperidine rings is 1. The van der Waals surface area contributed by atoms with Crippen LogP contribution >= 0.6 is 0 Å². The van der Waals surface area contributed by atoms with E-state index in [1.54, 1.807) is 12.1 Å². The molecule has 4 rings (SSSR count). The molecule has 2 atom stereocenters. The molecule has 0 bridgehead atoms. The van der Waals surface area contributed by atoms with Crippen LogP contribution in [0.2, 0.25) is 0 Å². The molecule has 1 saturated heterocycles. The number of carbonyl (C=O) groups is 2. The van der Waals surface area contributed by atoms with Crippen molar-refractivity contribution < 1.29 is 50.1 Å². The third-order valence-electron chi connectivity index (χ3n) is 5.70. The van der Waals surface area contributed by atoms with Crippen LogP contribution in [0.25, 0.3) is 10.9 Å². The first-order valence-corrected chi connectivity index (χ1v) is 10.8. The van der Waals surface area contributed by atoms with Crippen molar-refractivity contribution in [3.05, 3.63) is 59.4 Å². The van der Waals surface area contributed by atoms with Gasteiger partial charge in [-0.15, -0.1) is 0 Å². The number of aromatic nitrogens is 1. The van der Waals surface area contributed by atoms with Gasteiger partial charge in [-0.1, -0.05) is 18.2 Å². The van der Waals surface area contributed by atoms with Gasteiger partial charge in [0.05, 0.1) is 24.1 Å². The summed E-state index contributed by atoms with van der Waals surface area (Å²) in [6, 6.07) is 7.76. The van der Waals surface area contributed by atoms with Crippen LogP contribution in [0.15, 0.2) is 36.4 Å². The van der Waals surface area contributed by atoms with Crippen molar-refractivity contribution in [3.8, 4) is 17.4 Å². The maximum absolute atomic E-state index is 14.8. The molecule has 37 heavy (non-hydrogen) atoms. The number of methoxy groups -OCH3 is 1. The Kier molecular flexibility index (Phi) is 7.25. The lowest BCUT2D eigenvalue weighted by atomic mass is 9.87. The quantitative estimate of drug-likeness (QED) is 0.220. The lowest BCUT2D eigenvalue weighted by Gasteiger charge is -2.31. The molecule has 1 fully saturated rings. The first kappa shape index (κ1) is 26.2. The molecule has 0 radical (unpaired) electrons. The fourth-order valence-corrected chi connectivity index (χ4v) is 3.93. The molecule has 196 valence electrons. The molecule has 2 heterocycles. The Morgan fingerprint density at radius 2 is 1.81 bits per heavy atom. The number of benzene rings is 2. The number of nitrogens with zero attached hydrogens (tertiary/aromatic N) is 1. The number of nitrogens with one attached hydrogen (secondary N) is 1. The predicted octanol–water partition coefficient (Wildman–Crippen LogP) is 4.37. The summed E-state index contributed by atoms with van der Waals surface area (Å²) >= 11 is 0. The van der Waals surface area contributed by atoms with E-state index in [-0.39, 0.29) is 25.0 Å². The highest BCUT2D eigenvalue weighted by molar-refractivity contribution is 5.99. The van der Waals surface area contributed by atoms with Gasteiger partial charge in [0.25, 0.3) is 5.88 Å². The Morgan fingerprint density at radius 3 is 2.51 bits per heavy atom. The zero-order chi connectivity index (χ0) is 26.9. The monoisotopic (exact) mass is 528 g/mol. The first-order valence-electron chi connectivity index (χ1n) is 10.8. The SMILES string of the molecule is COc1c(F)c(F)cc(C(=O)C2CCNCC2Oc2nc3ccccc3cc2OC(=O)C(F)(F)F)c1F. The Morgan fingerprint density at radius 1 is 1.08 bits per heavy atom. The standard InChI is InChI=1S/C24H18F6N2O5/c1-35-21-18(26)13(9-14(25)19(21)27)20(33)12-6-7-31-10-17(12)36-22-16(37-23(34)24(28,29)30)8-11-4-2-3-5-15(11)32-22/h2-5,8-9,12,17,31H,6-7,10H2,1H3. The van der Waals surface area contributed by atoms with Crippen LogP contribution in [0.1, 0.15) is 16.8 Å². The minimum atomic E-state index is -5.31. The Bertz CT molecular complexity index is 1360. The summed E-state index contributed by atoms with van der Waals surface area (Å²) in [6.45, 7) is 0.222. The number of hydrogen-bond donors (Lipinski definition) is 1. The fourth-order valence-electron chi connectivity index (χ4n) is 3.93. The van der Waals surface area contributed by atoms with E-state index >= 15 is 0 Å². The van der Waals surface area contributed by atoms with Crippen LogP contribution in [-0.2, 0) is 4.79 Å². The van der Waals surface area contributed by atoms with Gasteiger partial charge in [0.2, 0.25) is 5.82 Å². The zero-order valence-electron chi connectivity index (χ0n) is 19.0. The lowest BCUT2D eigenvalue weighted by molar-refractivity contribution is -0.189. The minimum absolute atomic E-state index is 0.0417.